The van der Waals surface area contributed by atoms with E-state index in [0.717, 1.165) is 6.04 Å². The molecule has 17 heavy (non-hydrogen) atoms. The molecule has 0 saturated carbocycles. The maximum atomic E-state index is 3.69. The van der Waals surface area contributed by atoms with Gasteiger partial charge in [0, 0.05) is 6.04 Å². The van der Waals surface area contributed by atoms with E-state index in [9.17, 15) is 0 Å². The Morgan fingerprint density at radius 3 is 2.29 bits per heavy atom. The fraction of sp³-hybridized carbons (Fsp3) is 1.00. The lowest BCUT2D eigenvalue weighted by Crippen LogP contribution is -2.41. The average Bonchev–Trinajstić information content (AvgIpc) is 2.36. The van der Waals surface area contributed by atoms with Gasteiger partial charge in [-0.25, -0.2) is 0 Å². The summed E-state index contributed by atoms with van der Waals surface area (Å²) in [4.78, 5) is 2.60. The first-order valence-electron chi connectivity index (χ1n) is 7.53. The van der Waals surface area contributed by atoms with Gasteiger partial charge in [-0.15, -0.1) is 0 Å². The van der Waals surface area contributed by atoms with E-state index < -0.39 is 0 Å². The molecule has 0 aromatic rings. The Bertz CT molecular complexity index is 161. The van der Waals surface area contributed by atoms with Crippen molar-refractivity contribution in [1.29, 1.82) is 0 Å². The van der Waals surface area contributed by atoms with E-state index in [1.165, 1.54) is 71.4 Å². The zero-order chi connectivity index (χ0) is 12.3. The zero-order valence-corrected chi connectivity index (χ0v) is 11.8. The number of piperidine rings is 1. The lowest BCUT2D eigenvalue weighted by molar-refractivity contribution is 0.266. The van der Waals surface area contributed by atoms with Crippen molar-refractivity contribution in [2.75, 3.05) is 39.3 Å². The van der Waals surface area contributed by atoms with Gasteiger partial charge in [0.1, 0.15) is 0 Å². The second-order valence-corrected chi connectivity index (χ2v) is 5.17. The van der Waals surface area contributed by atoms with Crippen LogP contribution in [0, 0.1) is 0 Å². The molecule has 0 aliphatic carbocycles. The molecule has 0 aromatic heterocycles. The van der Waals surface area contributed by atoms with Gasteiger partial charge < -0.3 is 15.5 Å². The van der Waals surface area contributed by atoms with Gasteiger partial charge in [0.2, 0.25) is 0 Å². The van der Waals surface area contributed by atoms with Crippen LogP contribution in [-0.2, 0) is 0 Å². The van der Waals surface area contributed by atoms with Crippen LogP contribution in [0.2, 0.25) is 0 Å². The Morgan fingerprint density at radius 1 is 1.06 bits per heavy atom. The standard InChI is InChI=1S/C14H31N3/c1-3-11-17(12-4-2)13-5-8-16-14-6-9-15-10-7-14/h14-16H,3-13H2,1-2H3. The molecule has 3 heteroatoms. The predicted octanol–water partition coefficient (Wildman–Crippen LogP) is 1.84. The van der Waals surface area contributed by atoms with Gasteiger partial charge in [0.15, 0.2) is 0 Å². The van der Waals surface area contributed by atoms with Gasteiger partial charge in [-0.05, 0) is 71.4 Å². The maximum absolute atomic E-state index is 3.69. The molecule has 3 nitrogen and oxygen atoms in total. The van der Waals surface area contributed by atoms with Gasteiger partial charge in [-0.3, -0.25) is 0 Å². The SMILES string of the molecule is CCCN(CCC)CCCNC1CCNCC1. The van der Waals surface area contributed by atoms with Crippen LogP contribution < -0.4 is 10.6 Å². The van der Waals surface area contributed by atoms with E-state index in [-0.39, 0.29) is 0 Å². The highest BCUT2D eigenvalue weighted by molar-refractivity contribution is 4.74. The molecule has 2 N–H and O–H groups in total. The highest BCUT2D eigenvalue weighted by Crippen LogP contribution is 2.02. The number of nitrogens with zero attached hydrogens (tertiary/aromatic N) is 1. The number of hydrogen-bond acceptors (Lipinski definition) is 3. The van der Waals surface area contributed by atoms with Crippen LogP contribution in [0.5, 0.6) is 0 Å². The molecule has 102 valence electrons. The molecule has 0 atom stereocenters. The van der Waals surface area contributed by atoms with Crippen LogP contribution in [0.15, 0.2) is 0 Å². The van der Waals surface area contributed by atoms with E-state index >= 15 is 0 Å². The molecule has 0 aromatic carbocycles. The molecule has 0 radical (unpaired) electrons. The Morgan fingerprint density at radius 2 is 1.71 bits per heavy atom. The average molecular weight is 241 g/mol. The summed E-state index contributed by atoms with van der Waals surface area (Å²) >= 11 is 0. The predicted molar refractivity (Wildman–Crippen MR) is 75.5 cm³/mol. The largest absolute Gasteiger partial charge is 0.317 e. The van der Waals surface area contributed by atoms with Crippen LogP contribution in [0.1, 0.15) is 46.0 Å². The molecule has 1 fully saturated rings. The molecule has 1 heterocycles. The second-order valence-electron chi connectivity index (χ2n) is 5.17. The van der Waals surface area contributed by atoms with E-state index in [1.807, 2.05) is 0 Å². The van der Waals surface area contributed by atoms with E-state index in [4.69, 9.17) is 0 Å². The molecule has 0 amide bonds. The summed E-state index contributed by atoms with van der Waals surface area (Å²) in [5.41, 5.74) is 0. The fourth-order valence-electron chi connectivity index (χ4n) is 2.60. The Labute approximate surface area is 107 Å². The molecule has 0 spiro atoms. The van der Waals surface area contributed by atoms with Crippen molar-refractivity contribution >= 4 is 0 Å². The van der Waals surface area contributed by atoms with Gasteiger partial charge >= 0.3 is 0 Å². The van der Waals surface area contributed by atoms with Crippen LogP contribution in [0.25, 0.3) is 0 Å². The molecule has 1 aliphatic rings. The lowest BCUT2D eigenvalue weighted by Gasteiger charge is -2.25. The monoisotopic (exact) mass is 241 g/mol. The normalized spacial score (nSPS) is 17.8. The van der Waals surface area contributed by atoms with Crippen molar-refractivity contribution in [3.05, 3.63) is 0 Å². The van der Waals surface area contributed by atoms with Crippen LogP contribution in [0.3, 0.4) is 0 Å². The van der Waals surface area contributed by atoms with Gasteiger partial charge in [-0.1, -0.05) is 13.8 Å². The second kappa shape index (κ2) is 9.86. The van der Waals surface area contributed by atoms with Crippen molar-refractivity contribution in [2.45, 2.75) is 52.0 Å². The Balaban J connectivity index is 2.00. The zero-order valence-electron chi connectivity index (χ0n) is 11.8. The summed E-state index contributed by atoms with van der Waals surface area (Å²) in [6, 6.07) is 0.766. The van der Waals surface area contributed by atoms with Crippen LogP contribution >= 0.6 is 0 Å². The van der Waals surface area contributed by atoms with Crippen molar-refractivity contribution in [1.82, 2.24) is 15.5 Å². The van der Waals surface area contributed by atoms with E-state index in [1.54, 1.807) is 0 Å². The number of hydrogen-bond donors (Lipinski definition) is 2. The third kappa shape index (κ3) is 7.02. The fourth-order valence-corrected chi connectivity index (χ4v) is 2.60. The summed E-state index contributed by atoms with van der Waals surface area (Å²) in [7, 11) is 0. The van der Waals surface area contributed by atoms with E-state index in [2.05, 4.69) is 29.4 Å². The maximum Gasteiger partial charge on any atom is 0.00912 e. The first kappa shape index (κ1) is 14.9. The van der Waals surface area contributed by atoms with Crippen molar-refractivity contribution in [2.24, 2.45) is 0 Å². The molecule has 0 unspecified atom stereocenters. The minimum Gasteiger partial charge on any atom is -0.317 e. The minimum absolute atomic E-state index is 0.766. The van der Waals surface area contributed by atoms with Gasteiger partial charge in [0.25, 0.3) is 0 Å². The summed E-state index contributed by atoms with van der Waals surface area (Å²) in [6.45, 7) is 11.9. The first-order valence-corrected chi connectivity index (χ1v) is 7.53. The Hall–Kier alpha value is -0.120. The van der Waals surface area contributed by atoms with Gasteiger partial charge in [-0.2, -0.15) is 0 Å². The third-order valence-corrected chi connectivity index (χ3v) is 3.50. The highest BCUT2D eigenvalue weighted by Gasteiger charge is 2.11. The molecule has 1 saturated heterocycles. The van der Waals surface area contributed by atoms with E-state index in [0.29, 0.717) is 0 Å². The summed E-state index contributed by atoms with van der Waals surface area (Å²) in [5.74, 6) is 0. The summed E-state index contributed by atoms with van der Waals surface area (Å²) in [6.07, 6.45) is 6.45. The van der Waals surface area contributed by atoms with Crippen molar-refractivity contribution < 1.29 is 0 Å². The van der Waals surface area contributed by atoms with Crippen LogP contribution in [-0.4, -0.2) is 50.2 Å². The molecular weight excluding hydrogens is 210 g/mol. The molecule has 1 rings (SSSR count). The van der Waals surface area contributed by atoms with Gasteiger partial charge in [0.05, 0.1) is 0 Å². The quantitative estimate of drug-likeness (QED) is 0.603. The number of rotatable bonds is 9. The molecule has 0 bridgehead atoms. The first-order chi connectivity index (χ1) is 8.36. The number of nitrogens with one attached hydrogen (secondary N) is 2. The lowest BCUT2D eigenvalue weighted by atomic mass is 10.1. The molecular formula is C14H31N3. The highest BCUT2D eigenvalue weighted by atomic mass is 15.1. The van der Waals surface area contributed by atoms with Crippen molar-refractivity contribution in [3.63, 3.8) is 0 Å². The molecule has 1 aliphatic heterocycles. The summed E-state index contributed by atoms with van der Waals surface area (Å²) in [5, 5.41) is 7.10. The van der Waals surface area contributed by atoms with Crippen molar-refractivity contribution in [3.8, 4) is 0 Å². The Kier molecular flexibility index (Phi) is 8.67. The minimum atomic E-state index is 0.766. The summed E-state index contributed by atoms with van der Waals surface area (Å²) < 4.78 is 0. The smallest absolute Gasteiger partial charge is 0.00912 e. The third-order valence-electron chi connectivity index (χ3n) is 3.50. The topological polar surface area (TPSA) is 27.3 Å². The van der Waals surface area contributed by atoms with Crippen LogP contribution in [0.4, 0.5) is 0 Å².